The van der Waals surface area contributed by atoms with E-state index in [1.54, 1.807) is 30.3 Å². The molecule has 0 spiro atoms. The highest BCUT2D eigenvalue weighted by atomic mass is 16.5. The van der Waals surface area contributed by atoms with Gasteiger partial charge in [0.05, 0.1) is 31.8 Å². The van der Waals surface area contributed by atoms with Crippen molar-refractivity contribution in [1.29, 1.82) is 0 Å². The lowest BCUT2D eigenvalue weighted by Crippen LogP contribution is -2.23. The maximum atomic E-state index is 12.0. The normalized spacial score (nSPS) is 11.8. The van der Waals surface area contributed by atoms with Gasteiger partial charge in [0, 0.05) is 12.2 Å². The summed E-state index contributed by atoms with van der Waals surface area (Å²) in [7, 11) is 1.50. The molecular formula is C15H18N2O5. The molecule has 1 amide bonds. The Labute approximate surface area is 127 Å². The molecule has 0 bridgehead atoms. The molecule has 1 atom stereocenters. The van der Waals surface area contributed by atoms with Crippen LogP contribution in [0.5, 0.6) is 5.75 Å². The summed E-state index contributed by atoms with van der Waals surface area (Å²) in [4.78, 5) is 12.0. The third kappa shape index (κ3) is 4.00. The monoisotopic (exact) mass is 306 g/mol. The average Bonchev–Trinajstić information content (AvgIpc) is 3.07. The molecule has 22 heavy (non-hydrogen) atoms. The molecule has 0 radical (unpaired) electrons. The van der Waals surface area contributed by atoms with Gasteiger partial charge in [0.1, 0.15) is 5.75 Å². The third-order valence-electron chi connectivity index (χ3n) is 2.95. The number of methoxy groups -OCH3 is 1. The minimum Gasteiger partial charge on any atom is -0.495 e. The van der Waals surface area contributed by atoms with Gasteiger partial charge in [0.25, 0.3) is 5.91 Å². The zero-order chi connectivity index (χ0) is 15.9. The summed E-state index contributed by atoms with van der Waals surface area (Å²) in [5.74, 6) is 0.292. The first kappa shape index (κ1) is 15.9. The van der Waals surface area contributed by atoms with Crippen molar-refractivity contribution >= 4 is 17.3 Å². The van der Waals surface area contributed by atoms with Gasteiger partial charge in [0.2, 0.25) is 0 Å². The highest BCUT2D eigenvalue weighted by molar-refractivity contribution is 6.03. The first-order valence-electron chi connectivity index (χ1n) is 6.69. The summed E-state index contributed by atoms with van der Waals surface area (Å²) < 4.78 is 10.2. The second-order valence-corrected chi connectivity index (χ2v) is 4.56. The lowest BCUT2D eigenvalue weighted by atomic mass is 10.2. The molecule has 118 valence electrons. The molecule has 1 aromatic carbocycles. The second kappa shape index (κ2) is 7.48. The number of anilines is 2. The molecule has 0 fully saturated rings. The molecule has 2 rings (SSSR count). The standard InChI is InChI=1S/C15H18N2O5/c1-21-13-5-4-10(16-8-11(19)9-18)7-12(13)17-15(20)14-3-2-6-22-14/h2-7,11,16,18-19H,8-9H2,1H3,(H,17,20). The van der Waals surface area contributed by atoms with E-state index in [0.717, 1.165) is 0 Å². The summed E-state index contributed by atoms with van der Waals surface area (Å²) >= 11 is 0. The smallest absolute Gasteiger partial charge is 0.291 e. The second-order valence-electron chi connectivity index (χ2n) is 4.56. The lowest BCUT2D eigenvalue weighted by molar-refractivity contribution is 0.0996. The van der Waals surface area contributed by atoms with E-state index in [1.807, 2.05) is 0 Å². The number of ether oxygens (including phenoxy) is 1. The van der Waals surface area contributed by atoms with Gasteiger partial charge in [-0.15, -0.1) is 0 Å². The van der Waals surface area contributed by atoms with E-state index in [1.165, 1.54) is 13.4 Å². The molecule has 1 unspecified atom stereocenters. The summed E-state index contributed by atoms with van der Waals surface area (Å²) in [6.45, 7) is -0.139. The summed E-state index contributed by atoms with van der Waals surface area (Å²) in [5.41, 5.74) is 1.13. The van der Waals surface area contributed by atoms with E-state index in [-0.39, 0.29) is 18.9 Å². The maximum absolute atomic E-state index is 12.0. The van der Waals surface area contributed by atoms with Crippen molar-refractivity contribution < 1.29 is 24.2 Å². The molecular weight excluding hydrogens is 288 g/mol. The van der Waals surface area contributed by atoms with Crippen molar-refractivity contribution in [3.05, 3.63) is 42.4 Å². The van der Waals surface area contributed by atoms with Crippen LogP contribution >= 0.6 is 0 Å². The van der Waals surface area contributed by atoms with E-state index >= 15 is 0 Å². The predicted octanol–water partition coefficient (Wildman–Crippen LogP) is 1.31. The fourth-order valence-corrected chi connectivity index (χ4v) is 1.81. The number of hydrogen-bond donors (Lipinski definition) is 4. The predicted molar refractivity (Wildman–Crippen MR) is 81.2 cm³/mol. The largest absolute Gasteiger partial charge is 0.495 e. The number of hydrogen-bond acceptors (Lipinski definition) is 6. The van der Waals surface area contributed by atoms with Crippen LogP contribution in [0.25, 0.3) is 0 Å². The fourth-order valence-electron chi connectivity index (χ4n) is 1.81. The Morgan fingerprint density at radius 1 is 1.41 bits per heavy atom. The number of amides is 1. The quantitative estimate of drug-likeness (QED) is 0.615. The summed E-state index contributed by atoms with van der Waals surface area (Å²) in [5, 5.41) is 23.8. The molecule has 7 heteroatoms. The number of nitrogens with one attached hydrogen (secondary N) is 2. The van der Waals surface area contributed by atoms with Crippen LogP contribution in [0, 0.1) is 0 Å². The zero-order valence-corrected chi connectivity index (χ0v) is 12.1. The number of rotatable bonds is 7. The van der Waals surface area contributed by atoms with Crippen molar-refractivity contribution in [3.63, 3.8) is 0 Å². The number of aliphatic hydroxyl groups excluding tert-OH is 2. The van der Waals surface area contributed by atoms with Gasteiger partial charge in [-0.3, -0.25) is 4.79 Å². The molecule has 0 aliphatic rings. The summed E-state index contributed by atoms with van der Waals surface area (Å²) in [6.07, 6.45) is 0.559. The minimum atomic E-state index is -0.858. The van der Waals surface area contributed by atoms with Crippen LogP contribution in [0.3, 0.4) is 0 Å². The summed E-state index contributed by atoms with van der Waals surface area (Å²) in [6, 6.07) is 8.28. The van der Waals surface area contributed by atoms with Gasteiger partial charge in [-0.25, -0.2) is 0 Å². The number of benzene rings is 1. The van der Waals surface area contributed by atoms with Crippen LogP contribution < -0.4 is 15.4 Å². The number of aliphatic hydroxyl groups is 2. The zero-order valence-electron chi connectivity index (χ0n) is 12.1. The van der Waals surface area contributed by atoms with Crippen molar-refractivity contribution in [3.8, 4) is 5.75 Å². The van der Waals surface area contributed by atoms with Crippen LogP contribution in [0.1, 0.15) is 10.6 Å². The van der Waals surface area contributed by atoms with E-state index in [2.05, 4.69) is 10.6 Å². The van der Waals surface area contributed by atoms with Gasteiger partial charge >= 0.3 is 0 Å². The minimum absolute atomic E-state index is 0.189. The highest BCUT2D eigenvalue weighted by Gasteiger charge is 2.13. The Hall–Kier alpha value is -2.51. The Bertz CT molecular complexity index is 612. The van der Waals surface area contributed by atoms with Gasteiger partial charge in [0.15, 0.2) is 5.76 Å². The van der Waals surface area contributed by atoms with E-state index in [0.29, 0.717) is 17.1 Å². The molecule has 4 N–H and O–H groups in total. The molecule has 1 heterocycles. The van der Waals surface area contributed by atoms with Crippen molar-refractivity contribution in [1.82, 2.24) is 0 Å². The highest BCUT2D eigenvalue weighted by Crippen LogP contribution is 2.28. The van der Waals surface area contributed by atoms with Crippen LogP contribution in [0.2, 0.25) is 0 Å². The maximum Gasteiger partial charge on any atom is 0.291 e. The van der Waals surface area contributed by atoms with E-state index < -0.39 is 12.0 Å². The van der Waals surface area contributed by atoms with Gasteiger partial charge in [-0.1, -0.05) is 0 Å². The van der Waals surface area contributed by atoms with E-state index in [4.69, 9.17) is 14.3 Å². The van der Waals surface area contributed by atoms with Crippen LogP contribution in [-0.2, 0) is 0 Å². The number of carbonyl (C=O) groups excluding carboxylic acids is 1. The SMILES string of the molecule is COc1ccc(NCC(O)CO)cc1NC(=O)c1ccco1. The van der Waals surface area contributed by atoms with Crippen LogP contribution in [0.4, 0.5) is 11.4 Å². The third-order valence-corrected chi connectivity index (χ3v) is 2.95. The van der Waals surface area contributed by atoms with Crippen molar-refractivity contribution in [2.45, 2.75) is 6.10 Å². The molecule has 7 nitrogen and oxygen atoms in total. The topological polar surface area (TPSA) is 104 Å². The molecule has 0 saturated carbocycles. The first-order chi connectivity index (χ1) is 10.6. The molecule has 2 aromatic rings. The Kier molecular flexibility index (Phi) is 5.40. The molecule has 0 aliphatic heterocycles. The van der Waals surface area contributed by atoms with E-state index in [9.17, 15) is 9.90 Å². The fraction of sp³-hybridized carbons (Fsp3) is 0.267. The van der Waals surface area contributed by atoms with Crippen LogP contribution in [0.15, 0.2) is 41.0 Å². The van der Waals surface area contributed by atoms with Crippen molar-refractivity contribution in [2.75, 3.05) is 30.9 Å². The first-order valence-corrected chi connectivity index (χ1v) is 6.69. The Balaban J connectivity index is 2.12. The lowest BCUT2D eigenvalue weighted by Gasteiger charge is -2.14. The molecule has 1 aromatic heterocycles. The Morgan fingerprint density at radius 3 is 2.86 bits per heavy atom. The van der Waals surface area contributed by atoms with Gasteiger partial charge < -0.3 is 30.0 Å². The van der Waals surface area contributed by atoms with Gasteiger partial charge in [-0.2, -0.15) is 0 Å². The van der Waals surface area contributed by atoms with Crippen molar-refractivity contribution in [2.24, 2.45) is 0 Å². The molecule has 0 aliphatic carbocycles. The Morgan fingerprint density at radius 2 is 2.23 bits per heavy atom. The number of carbonyl (C=O) groups is 1. The average molecular weight is 306 g/mol. The van der Waals surface area contributed by atoms with Crippen LogP contribution in [-0.4, -0.2) is 42.5 Å². The van der Waals surface area contributed by atoms with Gasteiger partial charge in [-0.05, 0) is 30.3 Å². The number of furan rings is 1. The molecule has 0 saturated heterocycles.